The molecule has 1 N–H and O–H groups in total. The number of nitriles is 1. The van der Waals surface area contributed by atoms with Crippen LogP contribution < -0.4 is 10.2 Å². The van der Waals surface area contributed by atoms with Crippen molar-refractivity contribution in [1.82, 2.24) is 14.8 Å². The summed E-state index contributed by atoms with van der Waals surface area (Å²) in [6, 6.07) is 10.7. The maximum atomic E-state index is 13.0. The molecule has 2 aromatic heterocycles. The van der Waals surface area contributed by atoms with E-state index in [9.17, 15) is 10.1 Å². The third-order valence-electron chi connectivity index (χ3n) is 8.26. The van der Waals surface area contributed by atoms with Gasteiger partial charge in [-0.3, -0.25) is 9.36 Å². The van der Waals surface area contributed by atoms with Gasteiger partial charge in [0.2, 0.25) is 5.91 Å². The van der Waals surface area contributed by atoms with Crippen molar-refractivity contribution in [2.24, 2.45) is 11.3 Å². The molecule has 0 saturated heterocycles. The van der Waals surface area contributed by atoms with Crippen molar-refractivity contribution >= 4 is 39.7 Å². The summed E-state index contributed by atoms with van der Waals surface area (Å²) >= 11 is 2.92. The number of allylic oxidation sites excluding steroid dienone is 1. The van der Waals surface area contributed by atoms with E-state index in [1.807, 2.05) is 10.6 Å². The first-order valence-electron chi connectivity index (χ1n) is 14.1. The first-order valence-corrected chi connectivity index (χ1v) is 15.9. The summed E-state index contributed by atoms with van der Waals surface area (Å²) in [6.45, 7) is 17.5. The lowest BCUT2D eigenvalue weighted by atomic mass is 9.69. The number of rotatable bonds is 12. The lowest BCUT2D eigenvalue weighted by Gasteiger charge is -2.36. The summed E-state index contributed by atoms with van der Waals surface area (Å²) in [4.78, 5) is 16.6. The van der Waals surface area contributed by atoms with E-state index in [0.717, 1.165) is 55.7 Å². The Bertz CT molecular complexity index is 1380. The largest absolute Gasteiger partial charge is 0.372 e. The molecule has 1 amide bonds. The highest BCUT2D eigenvalue weighted by Gasteiger charge is 2.34. The van der Waals surface area contributed by atoms with Crippen LogP contribution in [-0.2, 0) is 24.2 Å². The van der Waals surface area contributed by atoms with Crippen molar-refractivity contribution < 1.29 is 4.79 Å². The van der Waals surface area contributed by atoms with Crippen LogP contribution in [-0.4, -0.2) is 39.5 Å². The highest BCUT2D eigenvalue weighted by molar-refractivity contribution is 7.99. The van der Waals surface area contributed by atoms with Crippen LogP contribution in [0.25, 0.3) is 11.4 Å². The normalized spacial score (nSPS) is 14.8. The zero-order chi connectivity index (χ0) is 28.9. The fourth-order valence-corrected chi connectivity index (χ4v) is 7.40. The molecule has 0 saturated carbocycles. The van der Waals surface area contributed by atoms with Crippen molar-refractivity contribution in [3.8, 4) is 17.5 Å². The van der Waals surface area contributed by atoms with Gasteiger partial charge in [-0.15, -0.1) is 28.1 Å². The predicted molar refractivity (Wildman–Crippen MR) is 167 cm³/mol. The number of thioether (sulfide) groups is 1. The van der Waals surface area contributed by atoms with Crippen LogP contribution in [0, 0.1) is 22.7 Å². The molecule has 9 heteroatoms. The lowest BCUT2D eigenvalue weighted by molar-refractivity contribution is -0.113. The van der Waals surface area contributed by atoms with Crippen LogP contribution in [0.3, 0.4) is 0 Å². The van der Waals surface area contributed by atoms with E-state index in [1.165, 1.54) is 22.3 Å². The molecule has 1 atom stereocenters. The molecule has 7 nitrogen and oxygen atoms in total. The third kappa shape index (κ3) is 6.29. The molecule has 0 spiro atoms. The summed E-state index contributed by atoms with van der Waals surface area (Å²) in [6.07, 6.45) is 5.90. The monoisotopic (exact) mass is 576 g/mol. The zero-order valence-corrected chi connectivity index (χ0v) is 25.9. The van der Waals surface area contributed by atoms with Crippen molar-refractivity contribution in [3.05, 3.63) is 52.9 Å². The molecule has 3 aromatic rings. The van der Waals surface area contributed by atoms with Gasteiger partial charge in [-0.25, -0.2) is 0 Å². The molecule has 1 aliphatic rings. The van der Waals surface area contributed by atoms with Gasteiger partial charge in [0.1, 0.15) is 11.1 Å². The predicted octanol–water partition coefficient (Wildman–Crippen LogP) is 7.18. The molecular weight excluding hydrogens is 537 g/mol. The highest BCUT2D eigenvalue weighted by atomic mass is 32.2. The average molecular weight is 577 g/mol. The van der Waals surface area contributed by atoms with E-state index in [1.54, 1.807) is 11.3 Å². The molecule has 1 aliphatic carbocycles. The number of amides is 1. The van der Waals surface area contributed by atoms with Gasteiger partial charge in [-0.2, -0.15) is 5.26 Å². The molecule has 0 aliphatic heterocycles. The van der Waals surface area contributed by atoms with E-state index >= 15 is 0 Å². The molecule has 1 aromatic carbocycles. The Labute approximate surface area is 246 Å². The lowest BCUT2D eigenvalue weighted by Crippen LogP contribution is -2.28. The minimum Gasteiger partial charge on any atom is -0.372 e. The van der Waals surface area contributed by atoms with Gasteiger partial charge in [0.15, 0.2) is 11.0 Å². The number of anilines is 2. The number of hydrogen-bond donors (Lipinski definition) is 1. The number of fused-ring (bicyclic) bond motifs is 1. The Morgan fingerprint density at radius 3 is 2.62 bits per heavy atom. The molecule has 4 rings (SSSR count). The molecule has 40 heavy (non-hydrogen) atoms. The molecule has 0 bridgehead atoms. The quantitative estimate of drug-likeness (QED) is 0.181. The van der Waals surface area contributed by atoms with Gasteiger partial charge >= 0.3 is 0 Å². The van der Waals surface area contributed by atoms with Crippen molar-refractivity contribution in [3.63, 3.8) is 0 Å². The van der Waals surface area contributed by atoms with Crippen LogP contribution in [0.2, 0.25) is 0 Å². The third-order valence-corrected chi connectivity index (χ3v) is 10.4. The Morgan fingerprint density at radius 1 is 1.27 bits per heavy atom. The van der Waals surface area contributed by atoms with Crippen LogP contribution in [0.4, 0.5) is 10.7 Å². The van der Waals surface area contributed by atoms with Crippen LogP contribution in [0.5, 0.6) is 0 Å². The number of aromatic nitrogens is 3. The second-order valence-electron chi connectivity index (χ2n) is 10.9. The molecule has 1 unspecified atom stereocenters. The molecule has 0 fully saturated rings. The molecule has 0 radical (unpaired) electrons. The van der Waals surface area contributed by atoms with Crippen molar-refractivity contribution in [1.29, 1.82) is 5.26 Å². The van der Waals surface area contributed by atoms with Crippen LogP contribution in [0.15, 0.2) is 42.1 Å². The topological polar surface area (TPSA) is 86.8 Å². The Kier molecular flexibility index (Phi) is 9.75. The van der Waals surface area contributed by atoms with Gasteiger partial charge in [-0.05, 0) is 74.3 Å². The number of thiophene rings is 1. The number of benzene rings is 1. The van der Waals surface area contributed by atoms with Gasteiger partial charge < -0.3 is 10.2 Å². The molecule has 212 valence electrons. The average Bonchev–Trinajstić information content (AvgIpc) is 3.52. The standard InChI is InChI=1S/C31H40N6OS2/c1-7-17-37-28(21-11-14-23(15-12-21)36(9-3)10-4)34-35-30(37)39-20-27(38)33-29-25(19-32)24-16-13-22(18-26(24)40-29)31(5,6)8-2/h7,11-12,14-15,22H,1,8-10,13,16-18,20H2,2-6H3,(H,33,38). The smallest absolute Gasteiger partial charge is 0.235 e. The Morgan fingerprint density at radius 2 is 2.00 bits per heavy atom. The van der Waals surface area contributed by atoms with E-state index in [2.05, 4.69) is 91.9 Å². The van der Waals surface area contributed by atoms with Gasteiger partial charge in [0, 0.05) is 35.8 Å². The summed E-state index contributed by atoms with van der Waals surface area (Å²) in [5.41, 5.74) is 4.17. The first kappa shape index (κ1) is 29.9. The Balaban J connectivity index is 1.46. The highest BCUT2D eigenvalue weighted by Crippen LogP contribution is 2.45. The minimum atomic E-state index is -0.149. The van der Waals surface area contributed by atoms with E-state index in [0.29, 0.717) is 28.2 Å². The number of carbonyl (C=O) groups is 1. The fraction of sp³-hybridized carbons (Fsp3) is 0.484. The number of nitrogens with zero attached hydrogens (tertiary/aromatic N) is 5. The van der Waals surface area contributed by atoms with Crippen molar-refractivity contribution in [2.75, 3.05) is 29.1 Å². The molecular formula is C31H40N6OS2. The number of nitrogens with one attached hydrogen (secondary N) is 1. The Hall–Kier alpha value is -3.09. The SMILES string of the molecule is C=CCn1c(SCC(=O)Nc2sc3c(c2C#N)CCC(C(C)(C)CC)C3)nnc1-c1ccc(N(CC)CC)cc1. The van der Waals surface area contributed by atoms with Gasteiger partial charge in [-0.1, -0.05) is 45.0 Å². The van der Waals surface area contributed by atoms with Gasteiger partial charge in [0.25, 0.3) is 0 Å². The molecule has 2 heterocycles. The summed E-state index contributed by atoms with van der Waals surface area (Å²) in [7, 11) is 0. The minimum absolute atomic E-state index is 0.149. The number of hydrogen-bond acceptors (Lipinski definition) is 7. The maximum Gasteiger partial charge on any atom is 0.235 e. The van der Waals surface area contributed by atoms with Crippen LogP contribution in [0.1, 0.15) is 63.5 Å². The first-order chi connectivity index (χ1) is 19.3. The summed E-state index contributed by atoms with van der Waals surface area (Å²) in [5, 5.41) is 23.1. The van der Waals surface area contributed by atoms with E-state index < -0.39 is 0 Å². The van der Waals surface area contributed by atoms with E-state index in [4.69, 9.17) is 0 Å². The number of carbonyl (C=O) groups excluding carboxylic acids is 1. The zero-order valence-electron chi connectivity index (χ0n) is 24.3. The van der Waals surface area contributed by atoms with E-state index in [-0.39, 0.29) is 17.1 Å². The van der Waals surface area contributed by atoms with Gasteiger partial charge in [0.05, 0.1) is 11.3 Å². The summed E-state index contributed by atoms with van der Waals surface area (Å²) < 4.78 is 1.98. The maximum absolute atomic E-state index is 13.0. The second-order valence-corrected chi connectivity index (χ2v) is 12.9. The van der Waals surface area contributed by atoms with Crippen LogP contribution >= 0.6 is 23.1 Å². The van der Waals surface area contributed by atoms with Crippen molar-refractivity contribution in [2.45, 2.75) is 72.0 Å². The summed E-state index contributed by atoms with van der Waals surface area (Å²) in [5.74, 6) is 1.36. The fourth-order valence-electron chi connectivity index (χ4n) is 5.35. The second kappa shape index (κ2) is 13.0.